The molecule has 0 aromatic heterocycles. The SMILES string of the molecule is C[C@@H](O)[C@H]1[C@@H](CO)ON(Cc2cccc(C(O)c3ccccc3Cl)c2)[C@H]1C(=O)NCCCN(C)c1ccccc1. The third-order valence-corrected chi connectivity index (χ3v) is 7.70. The lowest BCUT2D eigenvalue weighted by molar-refractivity contribution is -0.181. The highest BCUT2D eigenvalue weighted by molar-refractivity contribution is 6.31. The van der Waals surface area contributed by atoms with E-state index in [0.29, 0.717) is 22.7 Å². The molecule has 3 aromatic rings. The lowest BCUT2D eigenvalue weighted by atomic mass is 9.89. The van der Waals surface area contributed by atoms with E-state index in [1.165, 1.54) is 5.06 Å². The minimum absolute atomic E-state index is 0.220. The zero-order valence-electron chi connectivity index (χ0n) is 22.9. The Bertz CT molecular complexity index is 1240. The van der Waals surface area contributed by atoms with Crippen molar-refractivity contribution in [1.82, 2.24) is 10.4 Å². The molecular formula is C31H38ClN3O5. The van der Waals surface area contributed by atoms with Crippen LogP contribution in [0.15, 0.2) is 78.9 Å². The number of aliphatic hydroxyl groups is 3. The van der Waals surface area contributed by atoms with Crippen molar-refractivity contribution in [1.29, 1.82) is 0 Å². The van der Waals surface area contributed by atoms with Crippen molar-refractivity contribution in [2.75, 3.05) is 31.6 Å². The molecule has 214 valence electrons. The van der Waals surface area contributed by atoms with Gasteiger partial charge in [0.05, 0.1) is 19.3 Å². The first-order valence-corrected chi connectivity index (χ1v) is 14.0. The van der Waals surface area contributed by atoms with E-state index in [0.717, 1.165) is 24.2 Å². The summed E-state index contributed by atoms with van der Waals surface area (Å²) in [5.41, 5.74) is 3.15. The number of rotatable bonds is 12. The number of nitrogens with zero attached hydrogens (tertiary/aromatic N) is 2. The molecule has 9 heteroatoms. The zero-order valence-corrected chi connectivity index (χ0v) is 23.6. The van der Waals surface area contributed by atoms with Crippen molar-refractivity contribution in [3.8, 4) is 0 Å². The summed E-state index contributed by atoms with van der Waals surface area (Å²) in [7, 11) is 2.01. The van der Waals surface area contributed by atoms with Crippen LogP contribution >= 0.6 is 11.6 Å². The van der Waals surface area contributed by atoms with E-state index in [4.69, 9.17) is 16.4 Å². The van der Waals surface area contributed by atoms with Gasteiger partial charge >= 0.3 is 0 Å². The van der Waals surface area contributed by atoms with E-state index < -0.39 is 30.3 Å². The number of hydrogen-bond acceptors (Lipinski definition) is 7. The van der Waals surface area contributed by atoms with Crippen LogP contribution in [-0.4, -0.2) is 71.3 Å². The number of halogens is 1. The first-order valence-electron chi connectivity index (χ1n) is 13.6. The monoisotopic (exact) mass is 567 g/mol. The molecule has 0 radical (unpaired) electrons. The maximum absolute atomic E-state index is 13.4. The molecule has 0 bridgehead atoms. The van der Waals surface area contributed by atoms with Crippen LogP contribution in [0.2, 0.25) is 5.02 Å². The predicted octanol–water partition coefficient (Wildman–Crippen LogP) is 3.54. The van der Waals surface area contributed by atoms with E-state index in [2.05, 4.69) is 10.2 Å². The van der Waals surface area contributed by atoms with Gasteiger partial charge in [0.2, 0.25) is 5.91 Å². The van der Waals surface area contributed by atoms with E-state index in [1.54, 1.807) is 19.1 Å². The van der Waals surface area contributed by atoms with Gasteiger partial charge in [-0.25, -0.2) is 0 Å². The van der Waals surface area contributed by atoms with Gasteiger partial charge in [0.1, 0.15) is 18.2 Å². The first kappa shape index (κ1) is 30.0. The van der Waals surface area contributed by atoms with Crippen LogP contribution in [-0.2, 0) is 16.2 Å². The second kappa shape index (κ2) is 14.1. The number of carbonyl (C=O) groups is 1. The average molecular weight is 568 g/mol. The van der Waals surface area contributed by atoms with Gasteiger partial charge < -0.3 is 25.5 Å². The molecule has 8 nitrogen and oxygen atoms in total. The van der Waals surface area contributed by atoms with Crippen LogP contribution in [0.3, 0.4) is 0 Å². The number of nitrogens with one attached hydrogen (secondary N) is 1. The van der Waals surface area contributed by atoms with Crippen LogP contribution in [0.25, 0.3) is 0 Å². The first-order chi connectivity index (χ1) is 19.3. The molecule has 0 saturated carbocycles. The summed E-state index contributed by atoms with van der Waals surface area (Å²) in [4.78, 5) is 21.6. The van der Waals surface area contributed by atoms with Crippen molar-refractivity contribution < 1.29 is 25.0 Å². The number of amides is 1. The quantitative estimate of drug-likeness (QED) is 0.248. The third-order valence-electron chi connectivity index (χ3n) is 7.35. The molecule has 0 aliphatic carbocycles. The van der Waals surface area contributed by atoms with Crippen molar-refractivity contribution in [3.05, 3.63) is 101 Å². The number of aliphatic hydroxyl groups excluding tert-OH is 3. The Morgan fingerprint density at radius 3 is 2.50 bits per heavy atom. The Morgan fingerprint density at radius 2 is 1.80 bits per heavy atom. The summed E-state index contributed by atoms with van der Waals surface area (Å²) < 4.78 is 0. The second-order valence-corrected chi connectivity index (χ2v) is 10.6. The van der Waals surface area contributed by atoms with E-state index in [1.807, 2.05) is 73.8 Å². The molecular weight excluding hydrogens is 530 g/mol. The number of benzene rings is 3. The van der Waals surface area contributed by atoms with Crippen molar-refractivity contribution in [3.63, 3.8) is 0 Å². The van der Waals surface area contributed by atoms with Gasteiger partial charge in [-0.15, -0.1) is 0 Å². The number of anilines is 1. The fraction of sp³-hybridized carbons (Fsp3) is 0.387. The van der Waals surface area contributed by atoms with E-state index >= 15 is 0 Å². The maximum atomic E-state index is 13.4. The van der Waals surface area contributed by atoms with Gasteiger partial charge in [0.25, 0.3) is 0 Å². The Balaban J connectivity index is 1.44. The summed E-state index contributed by atoms with van der Waals surface area (Å²) in [6.45, 7) is 2.71. The van der Waals surface area contributed by atoms with Crippen LogP contribution in [0.1, 0.15) is 36.1 Å². The van der Waals surface area contributed by atoms with Gasteiger partial charge in [0.15, 0.2) is 0 Å². The summed E-state index contributed by atoms with van der Waals surface area (Å²) in [5, 5.41) is 36.5. The molecule has 1 unspecified atom stereocenters. The highest BCUT2D eigenvalue weighted by Gasteiger charge is 2.49. The van der Waals surface area contributed by atoms with Crippen molar-refractivity contribution in [2.24, 2.45) is 5.92 Å². The highest BCUT2D eigenvalue weighted by Crippen LogP contribution is 2.33. The molecule has 3 aromatic carbocycles. The van der Waals surface area contributed by atoms with E-state index in [-0.39, 0.29) is 19.1 Å². The van der Waals surface area contributed by atoms with Gasteiger partial charge in [-0.05, 0) is 42.7 Å². The lowest BCUT2D eigenvalue weighted by Gasteiger charge is -2.27. The largest absolute Gasteiger partial charge is 0.394 e. The van der Waals surface area contributed by atoms with E-state index in [9.17, 15) is 20.1 Å². The van der Waals surface area contributed by atoms with Crippen LogP contribution in [0.5, 0.6) is 0 Å². The van der Waals surface area contributed by atoms with Gasteiger partial charge in [-0.2, -0.15) is 5.06 Å². The number of carbonyl (C=O) groups excluding carboxylic acids is 1. The molecule has 1 aliphatic heterocycles. The molecule has 1 saturated heterocycles. The van der Waals surface area contributed by atoms with Crippen LogP contribution in [0, 0.1) is 5.92 Å². The maximum Gasteiger partial charge on any atom is 0.240 e. The Morgan fingerprint density at radius 1 is 1.07 bits per heavy atom. The molecule has 1 heterocycles. The molecule has 4 rings (SSSR count). The number of hydroxylamine groups is 2. The minimum Gasteiger partial charge on any atom is -0.394 e. The topological polar surface area (TPSA) is 105 Å². The molecule has 40 heavy (non-hydrogen) atoms. The van der Waals surface area contributed by atoms with Gasteiger partial charge in [0, 0.05) is 42.3 Å². The van der Waals surface area contributed by atoms with Gasteiger partial charge in [-0.1, -0.05) is 72.3 Å². The Hall–Kier alpha value is -2.98. The second-order valence-electron chi connectivity index (χ2n) is 10.2. The van der Waals surface area contributed by atoms with Crippen molar-refractivity contribution in [2.45, 2.75) is 44.2 Å². The highest BCUT2D eigenvalue weighted by atomic mass is 35.5. The van der Waals surface area contributed by atoms with Crippen LogP contribution < -0.4 is 10.2 Å². The standard InChI is InChI=1S/C31H38ClN3O5/c1-21(37)28-27(20-36)40-35(29(28)31(39)33-16-9-17-34(2)24-12-4-3-5-13-24)19-22-10-8-11-23(18-22)30(38)25-14-6-7-15-26(25)32/h3-8,10-15,18,21,27-30,36-38H,9,16-17,19-20H2,1-2H3,(H,33,39)/t21-,27-,28+,29-,30?/m1/s1. The molecule has 0 spiro atoms. The molecule has 1 amide bonds. The fourth-order valence-corrected chi connectivity index (χ4v) is 5.48. The number of hydrogen-bond donors (Lipinski definition) is 4. The lowest BCUT2D eigenvalue weighted by Crippen LogP contribution is -2.49. The summed E-state index contributed by atoms with van der Waals surface area (Å²) in [6.07, 6.45) is -1.79. The van der Waals surface area contributed by atoms with Gasteiger partial charge in [-0.3, -0.25) is 9.63 Å². The molecule has 4 N–H and O–H groups in total. The predicted molar refractivity (Wildman–Crippen MR) is 156 cm³/mol. The summed E-state index contributed by atoms with van der Waals surface area (Å²) in [6, 6.07) is 23.7. The minimum atomic E-state index is -0.920. The third kappa shape index (κ3) is 7.20. The summed E-state index contributed by atoms with van der Waals surface area (Å²) >= 11 is 6.30. The smallest absolute Gasteiger partial charge is 0.240 e. The molecule has 1 fully saturated rings. The fourth-order valence-electron chi connectivity index (χ4n) is 5.24. The molecule has 1 aliphatic rings. The molecule has 5 atom stereocenters. The van der Waals surface area contributed by atoms with Crippen LogP contribution in [0.4, 0.5) is 5.69 Å². The zero-order chi connectivity index (χ0) is 28.6. The Labute approximate surface area is 240 Å². The average Bonchev–Trinajstić information content (AvgIpc) is 3.34. The van der Waals surface area contributed by atoms with Crippen molar-refractivity contribution >= 4 is 23.2 Å². The summed E-state index contributed by atoms with van der Waals surface area (Å²) in [5.74, 6) is -0.884. The Kier molecular flexibility index (Phi) is 10.6. The normalized spacial score (nSPS) is 20.7. The number of para-hydroxylation sites is 1.